The summed E-state index contributed by atoms with van der Waals surface area (Å²) in [6, 6.07) is 8.50. The molecule has 0 radical (unpaired) electrons. The minimum absolute atomic E-state index is 0. The van der Waals surface area contributed by atoms with Crippen molar-refractivity contribution in [2.45, 2.75) is 52.4 Å². The fraction of sp³-hybridized carbons (Fsp3) is 0.650. The topological polar surface area (TPSA) is 54.9 Å². The second-order valence-electron chi connectivity index (χ2n) is 7.83. The largest absolute Gasteiger partial charge is 0.489 e. The molecule has 1 heterocycles. The number of nitrogens with zero attached hydrogens (tertiary/aromatic N) is 1. The van der Waals surface area contributed by atoms with E-state index >= 15 is 0 Å². The van der Waals surface area contributed by atoms with Gasteiger partial charge in [-0.15, -0.1) is 24.0 Å². The lowest BCUT2D eigenvalue weighted by atomic mass is 9.57. The molecule has 2 aliphatic rings. The van der Waals surface area contributed by atoms with Crippen LogP contribution in [0.25, 0.3) is 0 Å². The van der Waals surface area contributed by atoms with Gasteiger partial charge in [0.25, 0.3) is 0 Å². The van der Waals surface area contributed by atoms with Crippen molar-refractivity contribution < 1.29 is 9.47 Å². The molecule has 0 amide bonds. The van der Waals surface area contributed by atoms with E-state index in [0.29, 0.717) is 24.6 Å². The predicted molar refractivity (Wildman–Crippen MR) is 117 cm³/mol. The second-order valence-corrected chi connectivity index (χ2v) is 7.83. The molecule has 26 heavy (non-hydrogen) atoms. The Labute approximate surface area is 174 Å². The standard InChI is InChI=1S/C20H31N3O2.HI/c1-13-8-6-7-9-16(13)25-14(2)12-22-19(21-5)23-17-15-10-11-24-18(15)20(17,3)4;/h6-9,14-15,17-18H,10-12H2,1-5H3,(H2,21,22,23);1H. The molecule has 2 fully saturated rings. The van der Waals surface area contributed by atoms with E-state index in [1.165, 1.54) is 0 Å². The number of halogens is 1. The Morgan fingerprint density at radius 2 is 2.12 bits per heavy atom. The van der Waals surface area contributed by atoms with Gasteiger partial charge in [0.15, 0.2) is 5.96 Å². The number of hydrogen-bond acceptors (Lipinski definition) is 3. The summed E-state index contributed by atoms with van der Waals surface area (Å²) in [5, 5.41) is 7.00. The molecular weight excluding hydrogens is 441 g/mol. The van der Waals surface area contributed by atoms with Crippen molar-refractivity contribution in [1.29, 1.82) is 0 Å². The normalized spacial score (nSPS) is 27.6. The van der Waals surface area contributed by atoms with Crippen molar-refractivity contribution >= 4 is 29.9 Å². The molecule has 0 bridgehead atoms. The number of benzene rings is 1. The number of fused-ring (bicyclic) bond motifs is 1. The van der Waals surface area contributed by atoms with Gasteiger partial charge in [0.1, 0.15) is 11.9 Å². The highest BCUT2D eigenvalue weighted by molar-refractivity contribution is 14.0. The van der Waals surface area contributed by atoms with Crippen LogP contribution >= 0.6 is 24.0 Å². The van der Waals surface area contributed by atoms with E-state index in [-0.39, 0.29) is 35.5 Å². The van der Waals surface area contributed by atoms with Crippen LogP contribution in [-0.2, 0) is 4.74 Å². The van der Waals surface area contributed by atoms with Crippen molar-refractivity contribution in [3.63, 3.8) is 0 Å². The zero-order valence-electron chi connectivity index (χ0n) is 16.4. The molecule has 1 saturated carbocycles. The average Bonchev–Trinajstić information content (AvgIpc) is 3.04. The van der Waals surface area contributed by atoms with E-state index in [9.17, 15) is 0 Å². The summed E-state index contributed by atoms with van der Waals surface area (Å²) in [7, 11) is 1.82. The van der Waals surface area contributed by atoms with Crippen molar-refractivity contribution in [1.82, 2.24) is 10.6 Å². The first kappa shape index (κ1) is 21.3. The van der Waals surface area contributed by atoms with Crippen molar-refractivity contribution in [2.24, 2.45) is 16.3 Å². The van der Waals surface area contributed by atoms with Gasteiger partial charge in [0, 0.05) is 31.0 Å². The van der Waals surface area contributed by atoms with Gasteiger partial charge < -0.3 is 20.1 Å². The zero-order valence-corrected chi connectivity index (χ0v) is 18.7. The Balaban J connectivity index is 0.00000243. The monoisotopic (exact) mass is 473 g/mol. The number of guanidine groups is 1. The van der Waals surface area contributed by atoms with E-state index in [2.05, 4.69) is 49.4 Å². The van der Waals surface area contributed by atoms with Crippen molar-refractivity contribution in [3.05, 3.63) is 29.8 Å². The highest BCUT2D eigenvalue weighted by Crippen LogP contribution is 2.52. The summed E-state index contributed by atoms with van der Waals surface area (Å²) >= 11 is 0. The lowest BCUT2D eigenvalue weighted by Crippen LogP contribution is -2.68. The minimum Gasteiger partial charge on any atom is -0.489 e. The molecule has 1 aromatic carbocycles. The van der Waals surface area contributed by atoms with Gasteiger partial charge in [0.2, 0.25) is 0 Å². The maximum atomic E-state index is 6.03. The molecule has 5 nitrogen and oxygen atoms in total. The van der Waals surface area contributed by atoms with E-state index in [0.717, 1.165) is 30.3 Å². The number of para-hydroxylation sites is 1. The first-order valence-electron chi connectivity index (χ1n) is 9.24. The van der Waals surface area contributed by atoms with Gasteiger partial charge in [-0.1, -0.05) is 32.0 Å². The van der Waals surface area contributed by atoms with Gasteiger partial charge in [-0.25, -0.2) is 0 Å². The minimum atomic E-state index is 0. The smallest absolute Gasteiger partial charge is 0.191 e. The van der Waals surface area contributed by atoms with Crippen LogP contribution in [0, 0.1) is 18.3 Å². The summed E-state index contributed by atoms with van der Waals surface area (Å²) in [6.45, 7) is 10.3. The molecule has 0 aromatic heterocycles. The van der Waals surface area contributed by atoms with E-state index in [4.69, 9.17) is 9.47 Å². The van der Waals surface area contributed by atoms with Crippen molar-refractivity contribution in [2.75, 3.05) is 20.2 Å². The summed E-state index contributed by atoms with van der Waals surface area (Å²) in [4.78, 5) is 4.38. The predicted octanol–water partition coefficient (Wildman–Crippen LogP) is 3.36. The maximum Gasteiger partial charge on any atom is 0.191 e. The molecule has 3 rings (SSSR count). The van der Waals surface area contributed by atoms with Gasteiger partial charge in [-0.2, -0.15) is 0 Å². The molecule has 146 valence electrons. The van der Waals surface area contributed by atoms with Crippen LogP contribution in [0.3, 0.4) is 0 Å². The fourth-order valence-corrected chi connectivity index (χ4v) is 4.15. The lowest BCUT2D eigenvalue weighted by molar-refractivity contribution is -0.106. The Morgan fingerprint density at radius 1 is 1.38 bits per heavy atom. The molecule has 2 N–H and O–H groups in total. The third-order valence-electron chi connectivity index (χ3n) is 5.60. The highest BCUT2D eigenvalue weighted by atomic mass is 127. The van der Waals surface area contributed by atoms with Gasteiger partial charge >= 0.3 is 0 Å². The van der Waals surface area contributed by atoms with Gasteiger partial charge in [-0.05, 0) is 31.9 Å². The van der Waals surface area contributed by atoms with Gasteiger partial charge in [-0.3, -0.25) is 4.99 Å². The van der Waals surface area contributed by atoms with Crippen LogP contribution in [-0.4, -0.2) is 44.4 Å². The van der Waals surface area contributed by atoms with Crippen LogP contribution in [0.15, 0.2) is 29.3 Å². The zero-order chi connectivity index (χ0) is 18.0. The number of rotatable bonds is 5. The first-order valence-corrected chi connectivity index (χ1v) is 9.24. The maximum absolute atomic E-state index is 6.03. The molecule has 4 atom stereocenters. The number of ether oxygens (including phenoxy) is 2. The number of hydrogen-bond donors (Lipinski definition) is 2. The number of nitrogens with one attached hydrogen (secondary N) is 2. The van der Waals surface area contributed by atoms with Crippen LogP contribution < -0.4 is 15.4 Å². The lowest BCUT2D eigenvalue weighted by Gasteiger charge is -2.54. The summed E-state index contributed by atoms with van der Waals surface area (Å²) < 4.78 is 11.9. The Morgan fingerprint density at radius 3 is 2.81 bits per heavy atom. The quantitative estimate of drug-likeness (QED) is 0.391. The number of aliphatic imine (C=N–C) groups is 1. The molecule has 1 saturated heterocycles. The van der Waals surface area contributed by atoms with Crippen molar-refractivity contribution in [3.8, 4) is 5.75 Å². The van der Waals surface area contributed by atoms with Crippen LogP contribution in [0.1, 0.15) is 32.8 Å². The third kappa shape index (κ3) is 4.27. The molecule has 0 spiro atoms. The van der Waals surface area contributed by atoms with Crippen LogP contribution in [0.5, 0.6) is 5.75 Å². The Bertz CT molecular complexity index is 635. The van der Waals surface area contributed by atoms with Crippen LogP contribution in [0.4, 0.5) is 0 Å². The molecule has 1 aromatic rings. The summed E-state index contributed by atoms with van der Waals surface area (Å²) in [6.07, 6.45) is 1.57. The van der Waals surface area contributed by atoms with Gasteiger partial charge in [0.05, 0.1) is 12.6 Å². The molecule has 6 heteroatoms. The average molecular weight is 473 g/mol. The van der Waals surface area contributed by atoms with Crippen LogP contribution in [0.2, 0.25) is 0 Å². The molecule has 1 aliphatic heterocycles. The SMILES string of the molecule is CN=C(NCC(C)Oc1ccccc1C)NC1C2CCOC2C1(C)C.I. The fourth-order valence-electron chi connectivity index (χ4n) is 4.15. The van der Waals surface area contributed by atoms with E-state index in [1.54, 1.807) is 0 Å². The summed E-state index contributed by atoms with van der Waals surface area (Å²) in [5.41, 5.74) is 1.29. The Kier molecular flexibility index (Phi) is 7.19. The molecule has 4 unspecified atom stereocenters. The molecule has 1 aliphatic carbocycles. The second kappa shape index (κ2) is 8.78. The third-order valence-corrected chi connectivity index (χ3v) is 5.60. The number of aryl methyl sites for hydroxylation is 1. The highest BCUT2D eigenvalue weighted by Gasteiger charge is 2.59. The Hall–Kier alpha value is -1.02. The summed E-state index contributed by atoms with van der Waals surface area (Å²) in [5.74, 6) is 2.36. The first-order chi connectivity index (χ1) is 11.9. The molecular formula is C20H32IN3O2. The van der Waals surface area contributed by atoms with E-state index in [1.807, 2.05) is 25.2 Å². The van der Waals surface area contributed by atoms with E-state index < -0.39 is 0 Å².